The van der Waals surface area contributed by atoms with Crippen LogP contribution < -0.4 is 0 Å². The van der Waals surface area contributed by atoms with Gasteiger partial charge in [0.25, 0.3) is 0 Å². The summed E-state index contributed by atoms with van der Waals surface area (Å²) in [5.74, 6) is 0.0599. The second kappa shape index (κ2) is 10.2. The van der Waals surface area contributed by atoms with E-state index in [-0.39, 0.29) is 17.7 Å². The predicted octanol–water partition coefficient (Wildman–Crippen LogP) is 3.95. The second-order valence-electron chi connectivity index (χ2n) is 7.73. The third-order valence-corrected chi connectivity index (χ3v) is 5.97. The van der Waals surface area contributed by atoms with E-state index in [0.717, 1.165) is 29.5 Å². The molecule has 0 spiro atoms. The van der Waals surface area contributed by atoms with Crippen LogP contribution in [0.25, 0.3) is 11.1 Å². The van der Waals surface area contributed by atoms with Crippen molar-refractivity contribution >= 4 is 11.8 Å². The average Bonchev–Trinajstić information content (AvgIpc) is 2.78. The Labute approximate surface area is 179 Å². The zero-order valence-electron chi connectivity index (χ0n) is 18.0. The molecule has 0 radical (unpaired) electrons. The first-order valence-corrected chi connectivity index (χ1v) is 10.8. The van der Waals surface area contributed by atoms with Gasteiger partial charge in [0.15, 0.2) is 0 Å². The smallest absolute Gasteiger partial charge is 0.246 e. The van der Waals surface area contributed by atoms with Gasteiger partial charge >= 0.3 is 0 Å². The molecule has 1 aromatic heterocycles. The van der Waals surface area contributed by atoms with Crippen molar-refractivity contribution in [2.45, 2.75) is 39.2 Å². The summed E-state index contributed by atoms with van der Waals surface area (Å²) in [5, 5.41) is 0. The van der Waals surface area contributed by atoms with Crippen molar-refractivity contribution in [1.29, 1.82) is 0 Å². The largest absolute Gasteiger partial charge is 0.335 e. The number of rotatable bonds is 8. The summed E-state index contributed by atoms with van der Waals surface area (Å²) in [4.78, 5) is 34.3. The molecule has 2 amide bonds. The molecule has 1 saturated heterocycles. The summed E-state index contributed by atoms with van der Waals surface area (Å²) in [7, 11) is 0. The van der Waals surface area contributed by atoms with Crippen LogP contribution >= 0.6 is 0 Å². The van der Waals surface area contributed by atoms with E-state index in [4.69, 9.17) is 0 Å². The molecule has 5 heteroatoms. The van der Waals surface area contributed by atoms with Crippen LogP contribution in [0, 0.1) is 5.92 Å². The summed E-state index contributed by atoms with van der Waals surface area (Å²) in [6.07, 6.45) is 7.36. The van der Waals surface area contributed by atoms with Crippen molar-refractivity contribution < 1.29 is 9.59 Å². The molecule has 158 valence electrons. The van der Waals surface area contributed by atoms with E-state index in [9.17, 15) is 9.59 Å². The Morgan fingerprint density at radius 2 is 1.87 bits per heavy atom. The molecular formula is C25H31N3O2. The number of hydrogen-bond donors (Lipinski definition) is 0. The van der Waals surface area contributed by atoms with Crippen molar-refractivity contribution in [2.75, 3.05) is 19.6 Å². The minimum Gasteiger partial charge on any atom is -0.335 e. The number of aromatic nitrogens is 1. The van der Waals surface area contributed by atoms with Crippen LogP contribution in [0.3, 0.4) is 0 Å². The van der Waals surface area contributed by atoms with Gasteiger partial charge < -0.3 is 9.80 Å². The van der Waals surface area contributed by atoms with Gasteiger partial charge in [0.1, 0.15) is 6.04 Å². The lowest BCUT2D eigenvalue weighted by Gasteiger charge is -2.42. The van der Waals surface area contributed by atoms with Crippen LogP contribution in [0.1, 0.15) is 32.3 Å². The Balaban J connectivity index is 1.95. The number of benzene rings is 1. The Kier molecular flexibility index (Phi) is 7.39. The molecule has 0 aliphatic carbocycles. The van der Waals surface area contributed by atoms with Gasteiger partial charge in [0.05, 0.1) is 0 Å². The molecule has 1 atom stereocenters. The first kappa shape index (κ1) is 21.8. The maximum atomic E-state index is 13.4. The minimum absolute atomic E-state index is 0.00462. The van der Waals surface area contributed by atoms with Crippen LogP contribution in [-0.4, -0.2) is 52.3 Å². The van der Waals surface area contributed by atoms with E-state index in [1.807, 2.05) is 47.9 Å². The maximum Gasteiger partial charge on any atom is 0.246 e. The van der Waals surface area contributed by atoms with Gasteiger partial charge in [-0.25, -0.2) is 0 Å². The third-order valence-electron chi connectivity index (χ3n) is 5.97. The van der Waals surface area contributed by atoms with E-state index in [1.165, 1.54) is 0 Å². The second-order valence-corrected chi connectivity index (χ2v) is 7.73. The van der Waals surface area contributed by atoms with Gasteiger partial charge in [-0.1, -0.05) is 44.2 Å². The lowest BCUT2D eigenvalue weighted by molar-refractivity contribution is -0.153. The summed E-state index contributed by atoms with van der Waals surface area (Å²) in [6, 6.07) is 11.6. The summed E-state index contributed by atoms with van der Waals surface area (Å²) >= 11 is 0. The lowest BCUT2D eigenvalue weighted by Crippen LogP contribution is -2.60. The molecule has 0 N–H and O–H groups in total. The van der Waals surface area contributed by atoms with Gasteiger partial charge in [-0.3, -0.25) is 14.6 Å². The Morgan fingerprint density at radius 1 is 1.17 bits per heavy atom. The molecule has 0 saturated carbocycles. The molecule has 0 bridgehead atoms. The highest BCUT2D eigenvalue weighted by atomic mass is 16.2. The Hall–Kier alpha value is -2.95. The minimum atomic E-state index is -0.491. The Bertz CT molecular complexity index is 877. The number of carbonyl (C=O) groups excluding carboxylic acids is 2. The van der Waals surface area contributed by atoms with E-state index in [1.54, 1.807) is 18.5 Å². The molecule has 1 aromatic carbocycles. The maximum absolute atomic E-state index is 13.4. The Morgan fingerprint density at radius 3 is 2.53 bits per heavy atom. The molecular weight excluding hydrogens is 374 g/mol. The summed E-state index contributed by atoms with van der Waals surface area (Å²) < 4.78 is 0. The molecule has 2 heterocycles. The number of piperazine rings is 1. The lowest BCUT2D eigenvalue weighted by atomic mass is 9.92. The molecule has 5 nitrogen and oxygen atoms in total. The van der Waals surface area contributed by atoms with Crippen LogP contribution in [0.4, 0.5) is 0 Å². The van der Waals surface area contributed by atoms with Crippen LogP contribution in [-0.2, 0) is 16.0 Å². The molecule has 1 aliphatic heterocycles. The fourth-order valence-electron chi connectivity index (χ4n) is 4.23. The molecule has 1 fully saturated rings. The van der Waals surface area contributed by atoms with Crippen LogP contribution in [0.15, 0.2) is 61.4 Å². The summed E-state index contributed by atoms with van der Waals surface area (Å²) in [5.41, 5.74) is 3.19. The summed E-state index contributed by atoms with van der Waals surface area (Å²) in [6.45, 7) is 9.48. The SMILES string of the molecule is C=CCN1CCN(C(=O)C(CC)CC)[C@H](Cc2ccccc2-c2ccncc2)C1=O. The predicted molar refractivity (Wildman–Crippen MR) is 120 cm³/mol. The van der Waals surface area contributed by atoms with Crippen LogP contribution in [0.5, 0.6) is 0 Å². The standard InChI is InChI=1S/C25H31N3O2/c1-4-15-27-16-17-28(24(29)19(5-2)6-3)23(25(27)30)18-21-9-7-8-10-22(21)20-11-13-26-14-12-20/h4,7-14,19,23H,1,5-6,15-18H2,2-3H3/t23-/m1/s1. The van der Waals surface area contributed by atoms with E-state index >= 15 is 0 Å². The molecule has 1 aliphatic rings. The van der Waals surface area contributed by atoms with Crippen molar-refractivity contribution in [3.63, 3.8) is 0 Å². The zero-order valence-corrected chi connectivity index (χ0v) is 18.0. The fraction of sp³-hybridized carbons (Fsp3) is 0.400. The topological polar surface area (TPSA) is 53.5 Å². The first-order valence-electron chi connectivity index (χ1n) is 10.8. The van der Waals surface area contributed by atoms with E-state index in [2.05, 4.69) is 23.7 Å². The first-order chi connectivity index (χ1) is 14.6. The molecule has 2 aromatic rings. The zero-order chi connectivity index (χ0) is 21.5. The average molecular weight is 406 g/mol. The number of carbonyl (C=O) groups is 2. The third kappa shape index (κ3) is 4.61. The van der Waals surface area contributed by atoms with Gasteiger partial charge in [-0.05, 0) is 41.7 Å². The quantitative estimate of drug-likeness (QED) is 0.625. The monoisotopic (exact) mass is 405 g/mol. The van der Waals surface area contributed by atoms with Gasteiger partial charge in [-0.2, -0.15) is 0 Å². The van der Waals surface area contributed by atoms with Gasteiger partial charge in [0, 0.05) is 44.4 Å². The highest BCUT2D eigenvalue weighted by Crippen LogP contribution is 2.27. The number of amides is 2. The van der Waals surface area contributed by atoms with Crippen molar-refractivity contribution in [1.82, 2.24) is 14.8 Å². The van der Waals surface area contributed by atoms with Gasteiger partial charge in [0.2, 0.25) is 11.8 Å². The van der Waals surface area contributed by atoms with E-state index in [0.29, 0.717) is 26.1 Å². The van der Waals surface area contributed by atoms with Crippen molar-refractivity contribution in [3.8, 4) is 11.1 Å². The highest BCUT2D eigenvalue weighted by molar-refractivity contribution is 5.90. The molecule has 0 unspecified atom stereocenters. The van der Waals surface area contributed by atoms with Gasteiger partial charge in [-0.15, -0.1) is 6.58 Å². The fourth-order valence-corrected chi connectivity index (χ4v) is 4.23. The van der Waals surface area contributed by atoms with Crippen LogP contribution in [0.2, 0.25) is 0 Å². The number of nitrogens with zero attached hydrogens (tertiary/aromatic N) is 3. The molecule has 30 heavy (non-hydrogen) atoms. The number of hydrogen-bond acceptors (Lipinski definition) is 3. The normalized spacial score (nSPS) is 16.8. The van der Waals surface area contributed by atoms with E-state index < -0.39 is 6.04 Å². The number of pyridine rings is 1. The molecule has 3 rings (SSSR count). The van der Waals surface area contributed by atoms with Crippen molar-refractivity contribution in [2.24, 2.45) is 5.92 Å². The highest BCUT2D eigenvalue weighted by Gasteiger charge is 2.38. The van der Waals surface area contributed by atoms with Crippen molar-refractivity contribution in [3.05, 3.63) is 67.0 Å².